The highest BCUT2D eigenvalue weighted by atomic mass is 16.5. The first-order chi connectivity index (χ1) is 9.65. The van der Waals surface area contributed by atoms with Gasteiger partial charge < -0.3 is 9.47 Å². The number of anilines is 1. The summed E-state index contributed by atoms with van der Waals surface area (Å²) >= 11 is 0. The van der Waals surface area contributed by atoms with E-state index in [9.17, 15) is 0 Å². The topological polar surface area (TPSA) is 101 Å². The van der Waals surface area contributed by atoms with Gasteiger partial charge in [-0.05, 0) is 23.8 Å². The number of H-pyrrole nitrogens is 1. The zero-order valence-electron chi connectivity index (χ0n) is 11.5. The zero-order chi connectivity index (χ0) is 14.5. The molecule has 0 aliphatic heterocycles. The van der Waals surface area contributed by atoms with Crippen LogP contribution in [-0.4, -0.2) is 30.6 Å². The van der Waals surface area contributed by atoms with E-state index >= 15 is 0 Å². The molecule has 106 valence electrons. The molecule has 0 amide bonds. The van der Waals surface area contributed by atoms with Crippen LogP contribution >= 0.6 is 0 Å². The molecule has 4 N–H and O–H groups in total. The Morgan fingerprint density at radius 1 is 1.35 bits per heavy atom. The molecular weight excluding hydrogens is 260 g/mol. The minimum atomic E-state index is 0.416. The number of hydrazone groups is 1. The largest absolute Gasteiger partial charge is 0.493 e. The second kappa shape index (κ2) is 5.91. The van der Waals surface area contributed by atoms with Crippen molar-refractivity contribution in [2.75, 3.05) is 25.5 Å². The Morgan fingerprint density at radius 2 is 2.10 bits per heavy atom. The third-order valence-corrected chi connectivity index (χ3v) is 2.70. The van der Waals surface area contributed by atoms with E-state index in [-0.39, 0.29) is 0 Å². The summed E-state index contributed by atoms with van der Waals surface area (Å²) in [6.45, 7) is 1.80. The zero-order valence-corrected chi connectivity index (χ0v) is 11.5. The standard InChI is InChI=1S/C12H16N6O2/c1-8-15-17-12(18(8)13)16-14-7-9-4-5-10(19-2)11(6-9)20-3/h4-7H,13H2,1-3H3,(H,16,17)/p+1. The van der Waals surface area contributed by atoms with Gasteiger partial charge in [0.2, 0.25) is 5.82 Å². The molecule has 0 aliphatic carbocycles. The number of nitrogens with zero attached hydrogens (tertiary/aromatic N) is 3. The van der Waals surface area contributed by atoms with Gasteiger partial charge in [0.1, 0.15) is 0 Å². The van der Waals surface area contributed by atoms with Gasteiger partial charge in [-0.15, -0.1) is 9.78 Å². The van der Waals surface area contributed by atoms with Crippen molar-refractivity contribution in [3.63, 3.8) is 0 Å². The van der Waals surface area contributed by atoms with Crippen molar-refractivity contribution in [2.45, 2.75) is 6.92 Å². The summed E-state index contributed by atoms with van der Waals surface area (Å²) in [6.07, 6.45) is 1.63. The second-order valence-electron chi connectivity index (χ2n) is 3.99. The summed E-state index contributed by atoms with van der Waals surface area (Å²) in [5.41, 5.74) is 3.59. The fraction of sp³-hybridized carbons (Fsp3) is 0.250. The van der Waals surface area contributed by atoms with Crippen LogP contribution < -0.4 is 25.4 Å². The molecule has 0 saturated heterocycles. The smallest absolute Gasteiger partial charge is 0.421 e. The van der Waals surface area contributed by atoms with Crippen LogP contribution in [0.15, 0.2) is 23.3 Å². The van der Waals surface area contributed by atoms with Gasteiger partial charge >= 0.3 is 5.95 Å². The molecule has 2 rings (SSSR count). The van der Waals surface area contributed by atoms with Gasteiger partial charge in [0.05, 0.1) is 20.4 Å². The van der Waals surface area contributed by atoms with E-state index in [1.54, 1.807) is 27.4 Å². The van der Waals surface area contributed by atoms with Crippen LogP contribution in [0.3, 0.4) is 0 Å². The summed E-state index contributed by atoms with van der Waals surface area (Å²) in [5.74, 6) is 8.15. The normalized spacial score (nSPS) is 10.8. The fourth-order valence-corrected chi connectivity index (χ4v) is 1.58. The Hall–Kier alpha value is -2.77. The van der Waals surface area contributed by atoms with Crippen LogP contribution in [0.4, 0.5) is 5.95 Å². The van der Waals surface area contributed by atoms with Gasteiger partial charge in [-0.3, -0.25) is 5.84 Å². The minimum absolute atomic E-state index is 0.416. The predicted molar refractivity (Wildman–Crippen MR) is 74.4 cm³/mol. The number of aromatic nitrogens is 3. The fourth-order valence-electron chi connectivity index (χ4n) is 1.58. The van der Waals surface area contributed by atoms with Crippen molar-refractivity contribution in [3.05, 3.63) is 29.6 Å². The summed E-state index contributed by atoms with van der Waals surface area (Å²) in [7, 11) is 3.17. The van der Waals surface area contributed by atoms with Crippen LogP contribution in [0.25, 0.3) is 0 Å². The third kappa shape index (κ3) is 2.79. The lowest BCUT2D eigenvalue weighted by Crippen LogP contribution is -2.47. The van der Waals surface area contributed by atoms with Gasteiger partial charge in [0.15, 0.2) is 11.5 Å². The molecule has 0 unspecified atom stereocenters. The average Bonchev–Trinajstić information content (AvgIpc) is 2.79. The van der Waals surface area contributed by atoms with Crippen molar-refractivity contribution in [3.8, 4) is 11.5 Å². The molecule has 0 saturated carbocycles. The van der Waals surface area contributed by atoms with Gasteiger partial charge in [0.25, 0.3) is 0 Å². The number of benzene rings is 1. The van der Waals surface area contributed by atoms with Gasteiger partial charge in [0, 0.05) is 12.0 Å². The highest BCUT2D eigenvalue weighted by Crippen LogP contribution is 2.26. The Bertz CT molecular complexity index is 622. The van der Waals surface area contributed by atoms with E-state index in [1.165, 1.54) is 4.68 Å². The van der Waals surface area contributed by atoms with Gasteiger partial charge in [-0.25, -0.2) is 0 Å². The monoisotopic (exact) mass is 277 g/mol. The lowest BCUT2D eigenvalue weighted by atomic mass is 10.2. The van der Waals surface area contributed by atoms with Crippen LogP contribution in [0.1, 0.15) is 11.4 Å². The first kappa shape index (κ1) is 13.7. The number of hydrogen-bond acceptors (Lipinski definition) is 6. The summed E-state index contributed by atoms with van der Waals surface area (Å²) in [5, 5.41) is 10.7. The first-order valence-electron chi connectivity index (χ1n) is 5.89. The Balaban J connectivity index is 2.10. The number of hydrogen-bond donors (Lipinski definition) is 3. The van der Waals surface area contributed by atoms with Crippen LogP contribution in [0.2, 0.25) is 0 Å². The van der Waals surface area contributed by atoms with E-state index in [4.69, 9.17) is 15.3 Å². The van der Waals surface area contributed by atoms with Crippen LogP contribution in [0.5, 0.6) is 11.5 Å². The lowest BCUT2D eigenvalue weighted by Gasteiger charge is -2.07. The molecule has 1 aromatic heterocycles. The number of aromatic amines is 1. The second-order valence-corrected chi connectivity index (χ2v) is 3.99. The van der Waals surface area contributed by atoms with Crippen molar-refractivity contribution in [1.82, 2.24) is 10.2 Å². The number of methoxy groups -OCH3 is 2. The number of ether oxygens (including phenoxy) is 2. The SMILES string of the molecule is COc1ccc(C=NNc2n[nH]c(C)[n+]2N)cc1OC. The van der Waals surface area contributed by atoms with Gasteiger partial charge in [-0.1, -0.05) is 0 Å². The van der Waals surface area contributed by atoms with Crippen molar-refractivity contribution < 1.29 is 14.1 Å². The molecule has 0 spiro atoms. The van der Waals surface area contributed by atoms with E-state index in [1.807, 2.05) is 18.2 Å². The molecule has 0 fully saturated rings. The lowest BCUT2D eigenvalue weighted by molar-refractivity contribution is -0.631. The molecule has 2 aromatic rings. The molecule has 0 aliphatic rings. The molecule has 8 nitrogen and oxygen atoms in total. The molecule has 1 heterocycles. The van der Waals surface area contributed by atoms with Crippen LogP contribution in [0, 0.1) is 6.92 Å². The number of nitrogen functional groups attached to an aromatic ring is 1. The average molecular weight is 277 g/mol. The van der Waals surface area contributed by atoms with E-state index in [0.717, 1.165) is 5.56 Å². The maximum absolute atomic E-state index is 5.72. The van der Waals surface area contributed by atoms with E-state index < -0.39 is 0 Å². The van der Waals surface area contributed by atoms with Gasteiger partial charge in [-0.2, -0.15) is 10.5 Å². The molecule has 20 heavy (non-hydrogen) atoms. The Kier molecular flexibility index (Phi) is 4.04. The maximum Gasteiger partial charge on any atom is 0.421 e. The highest BCUT2D eigenvalue weighted by molar-refractivity contribution is 5.81. The summed E-state index contributed by atoms with van der Waals surface area (Å²) in [6, 6.07) is 5.48. The highest BCUT2D eigenvalue weighted by Gasteiger charge is 2.11. The quantitative estimate of drug-likeness (QED) is 0.313. The molecule has 0 radical (unpaired) electrons. The predicted octanol–water partition coefficient (Wildman–Crippen LogP) is 0.183. The summed E-state index contributed by atoms with van der Waals surface area (Å²) in [4.78, 5) is 0. The molecule has 8 heteroatoms. The Morgan fingerprint density at radius 3 is 2.70 bits per heavy atom. The number of rotatable bonds is 5. The van der Waals surface area contributed by atoms with E-state index in [0.29, 0.717) is 23.3 Å². The number of nitrogens with two attached hydrogens (primary N) is 1. The Labute approximate surface area is 116 Å². The molecule has 0 bridgehead atoms. The van der Waals surface area contributed by atoms with Crippen molar-refractivity contribution in [2.24, 2.45) is 5.10 Å². The van der Waals surface area contributed by atoms with Crippen molar-refractivity contribution in [1.29, 1.82) is 0 Å². The first-order valence-corrected chi connectivity index (χ1v) is 5.89. The maximum atomic E-state index is 5.72. The molecule has 1 aromatic carbocycles. The van der Waals surface area contributed by atoms with Crippen molar-refractivity contribution >= 4 is 12.2 Å². The summed E-state index contributed by atoms with van der Waals surface area (Å²) < 4.78 is 11.7. The van der Waals surface area contributed by atoms with E-state index in [2.05, 4.69) is 20.7 Å². The number of nitrogens with one attached hydrogen (secondary N) is 2. The molecule has 0 atom stereocenters. The third-order valence-electron chi connectivity index (χ3n) is 2.70. The number of aryl methyl sites for hydroxylation is 1. The minimum Gasteiger partial charge on any atom is -0.493 e. The molecular formula is C12H17N6O2+. The van der Waals surface area contributed by atoms with Crippen LogP contribution in [-0.2, 0) is 0 Å².